The average molecular weight is 312 g/mol. The van der Waals surface area contributed by atoms with Gasteiger partial charge in [0.25, 0.3) is 0 Å². The van der Waals surface area contributed by atoms with Crippen molar-refractivity contribution in [3.63, 3.8) is 0 Å². The molecule has 1 aliphatic carbocycles. The monoisotopic (exact) mass is 312 g/mol. The molecule has 0 radical (unpaired) electrons. The molecule has 1 saturated heterocycles. The van der Waals surface area contributed by atoms with Gasteiger partial charge in [-0.3, -0.25) is 0 Å². The molecule has 110 valence electrons. The minimum Gasteiger partial charge on any atom is -0.385 e. The van der Waals surface area contributed by atoms with Crippen LogP contribution in [0, 0.1) is 5.92 Å². The van der Waals surface area contributed by atoms with Crippen LogP contribution in [0.2, 0.25) is 0 Å². The fourth-order valence-electron chi connectivity index (χ4n) is 2.25. The molecule has 20 heavy (non-hydrogen) atoms. The summed E-state index contributed by atoms with van der Waals surface area (Å²) in [5.41, 5.74) is 0.993. The summed E-state index contributed by atoms with van der Waals surface area (Å²) >= 11 is 2.01. The number of sulfonamides is 1. The molecule has 0 aromatic heterocycles. The highest BCUT2D eigenvalue weighted by atomic mass is 32.2. The standard InChI is InChI=1S/C14H20N2O2S2/c17-20(18,16-13-1-2-13)14-5-3-12(4-6-14)15-9-11-7-8-19-10-11/h3-6,11,13,15-16H,1-2,7-10H2. The molecule has 1 atom stereocenters. The van der Waals surface area contributed by atoms with Gasteiger partial charge in [-0.25, -0.2) is 13.1 Å². The van der Waals surface area contributed by atoms with Crippen molar-refractivity contribution < 1.29 is 8.42 Å². The van der Waals surface area contributed by atoms with Crippen LogP contribution in [-0.4, -0.2) is 32.5 Å². The summed E-state index contributed by atoms with van der Waals surface area (Å²) in [5.74, 6) is 3.22. The molecule has 0 spiro atoms. The number of rotatable bonds is 6. The lowest BCUT2D eigenvalue weighted by Gasteiger charge is -2.12. The Morgan fingerprint density at radius 2 is 1.90 bits per heavy atom. The Bertz CT molecular complexity index is 547. The maximum absolute atomic E-state index is 12.0. The second kappa shape index (κ2) is 5.95. The van der Waals surface area contributed by atoms with Crippen LogP contribution in [0.15, 0.2) is 29.2 Å². The summed E-state index contributed by atoms with van der Waals surface area (Å²) in [5, 5.41) is 3.39. The maximum atomic E-state index is 12.0. The third-order valence-electron chi connectivity index (χ3n) is 3.68. The number of hydrogen-bond acceptors (Lipinski definition) is 4. The molecule has 1 unspecified atom stereocenters. The van der Waals surface area contributed by atoms with Crippen LogP contribution in [0.3, 0.4) is 0 Å². The number of nitrogens with one attached hydrogen (secondary N) is 2. The molecule has 1 aromatic carbocycles. The first-order chi connectivity index (χ1) is 9.63. The zero-order chi connectivity index (χ0) is 14.0. The summed E-state index contributed by atoms with van der Waals surface area (Å²) in [6.07, 6.45) is 3.19. The Hall–Kier alpha value is -0.720. The van der Waals surface area contributed by atoms with Crippen LogP contribution < -0.4 is 10.0 Å². The quantitative estimate of drug-likeness (QED) is 0.846. The molecule has 0 bridgehead atoms. The molecule has 0 amide bonds. The Balaban J connectivity index is 1.58. The lowest BCUT2D eigenvalue weighted by Crippen LogP contribution is -2.25. The largest absolute Gasteiger partial charge is 0.385 e. The van der Waals surface area contributed by atoms with Crippen molar-refractivity contribution in [3.05, 3.63) is 24.3 Å². The number of anilines is 1. The van der Waals surface area contributed by atoms with Gasteiger partial charge >= 0.3 is 0 Å². The SMILES string of the molecule is O=S(=O)(NC1CC1)c1ccc(NCC2CCSC2)cc1. The minimum absolute atomic E-state index is 0.151. The van der Waals surface area contributed by atoms with Crippen LogP contribution in [0.4, 0.5) is 5.69 Å². The first kappa shape index (κ1) is 14.2. The van der Waals surface area contributed by atoms with Crippen molar-refractivity contribution in [1.82, 2.24) is 4.72 Å². The molecule has 2 fully saturated rings. The lowest BCUT2D eigenvalue weighted by atomic mass is 10.1. The van der Waals surface area contributed by atoms with Crippen LogP contribution in [0.5, 0.6) is 0 Å². The molecule has 2 aliphatic rings. The zero-order valence-electron chi connectivity index (χ0n) is 11.3. The molecular weight excluding hydrogens is 292 g/mol. The van der Waals surface area contributed by atoms with Crippen molar-refractivity contribution in [1.29, 1.82) is 0 Å². The molecule has 1 aromatic rings. The van der Waals surface area contributed by atoms with E-state index >= 15 is 0 Å². The van der Waals surface area contributed by atoms with E-state index in [0.29, 0.717) is 4.90 Å². The van der Waals surface area contributed by atoms with E-state index in [9.17, 15) is 8.42 Å². The molecule has 3 rings (SSSR count). The van der Waals surface area contributed by atoms with Gasteiger partial charge in [-0.2, -0.15) is 11.8 Å². The summed E-state index contributed by atoms with van der Waals surface area (Å²) < 4.78 is 26.7. The van der Waals surface area contributed by atoms with Crippen molar-refractivity contribution in [3.8, 4) is 0 Å². The molecule has 1 heterocycles. The van der Waals surface area contributed by atoms with Gasteiger partial charge in [0, 0.05) is 18.3 Å². The second-order valence-electron chi connectivity index (χ2n) is 5.53. The fourth-order valence-corrected chi connectivity index (χ4v) is 4.84. The molecule has 1 aliphatic heterocycles. The molecule has 2 N–H and O–H groups in total. The topological polar surface area (TPSA) is 58.2 Å². The molecule has 4 nitrogen and oxygen atoms in total. The normalized spacial score (nSPS) is 22.9. The summed E-state index contributed by atoms with van der Waals surface area (Å²) in [4.78, 5) is 0.353. The van der Waals surface area contributed by atoms with Crippen LogP contribution in [0.1, 0.15) is 19.3 Å². The van der Waals surface area contributed by atoms with Crippen molar-refractivity contribution >= 4 is 27.5 Å². The van der Waals surface area contributed by atoms with Gasteiger partial charge in [0.2, 0.25) is 10.0 Å². The van der Waals surface area contributed by atoms with Crippen LogP contribution in [0.25, 0.3) is 0 Å². The van der Waals surface area contributed by atoms with E-state index in [1.807, 2.05) is 23.9 Å². The van der Waals surface area contributed by atoms with Gasteiger partial charge in [0.05, 0.1) is 4.90 Å². The van der Waals surface area contributed by atoms with E-state index in [4.69, 9.17) is 0 Å². The van der Waals surface area contributed by atoms with Gasteiger partial charge in [-0.15, -0.1) is 0 Å². The van der Waals surface area contributed by atoms with E-state index < -0.39 is 10.0 Å². The Morgan fingerprint density at radius 3 is 2.50 bits per heavy atom. The number of thioether (sulfide) groups is 1. The highest BCUT2D eigenvalue weighted by Crippen LogP contribution is 2.25. The second-order valence-corrected chi connectivity index (χ2v) is 8.39. The Kier molecular flexibility index (Phi) is 4.23. The van der Waals surface area contributed by atoms with Gasteiger partial charge in [-0.1, -0.05) is 0 Å². The fraction of sp³-hybridized carbons (Fsp3) is 0.571. The summed E-state index contributed by atoms with van der Waals surface area (Å²) in [6.45, 7) is 0.972. The van der Waals surface area contributed by atoms with Crippen LogP contribution in [-0.2, 0) is 10.0 Å². The zero-order valence-corrected chi connectivity index (χ0v) is 13.0. The Morgan fingerprint density at radius 1 is 1.15 bits per heavy atom. The Labute approximate surface area is 124 Å². The number of hydrogen-bond donors (Lipinski definition) is 2. The maximum Gasteiger partial charge on any atom is 0.240 e. The van der Waals surface area contributed by atoms with E-state index in [0.717, 1.165) is 31.0 Å². The average Bonchev–Trinajstić information content (AvgIpc) is 3.08. The van der Waals surface area contributed by atoms with E-state index in [1.54, 1.807) is 12.1 Å². The van der Waals surface area contributed by atoms with E-state index in [1.165, 1.54) is 17.9 Å². The highest BCUT2D eigenvalue weighted by Gasteiger charge is 2.27. The van der Waals surface area contributed by atoms with Gasteiger partial charge < -0.3 is 5.32 Å². The highest BCUT2D eigenvalue weighted by molar-refractivity contribution is 7.99. The van der Waals surface area contributed by atoms with Crippen molar-refractivity contribution in [2.45, 2.75) is 30.2 Å². The number of benzene rings is 1. The van der Waals surface area contributed by atoms with E-state index in [2.05, 4.69) is 10.0 Å². The first-order valence-electron chi connectivity index (χ1n) is 7.07. The first-order valence-corrected chi connectivity index (χ1v) is 9.71. The summed E-state index contributed by atoms with van der Waals surface area (Å²) in [6, 6.07) is 7.21. The minimum atomic E-state index is -3.33. The van der Waals surface area contributed by atoms with Gasteiger partial charge in [0.1, 0.15) is 0 Å². The van der Waals surface area contributed by atoms with Gasteiger partial charge in [0.15, 0.2) is 0 Å². The van der Waals surface area contributed by atoms with E-state index in [-0.39, 0.29) is 6.04 Å². The molecule has 1 saturated carbocycles. The third-order valence-corrected chi connectivity index (χ3v) is 6.45. The predicted molar refractivity (Wildman–Crippen MR) is 83.7 cm³/mol. The molecular formula is C14H20N2O2S2. The van der Waals surface area contributed by atoms with Crippen molar-refractivity contribution in [2.75, 3.05) is 23.4 Å². The van der Waals surface area contributed by atoms with Crippen molar-refractivity contribution in [2.24, 2.45) is 5.92 Å². The third kappa shape index (κ3) is 3.68. The van der Waals surface area contributed by atoms with Crippen LogP contribution >= 0.6 is 11.8 Å². The van der Waals surface area contributed by atoms with Gasteiger partial charge in [-0.05, 0) is 61.0 Å². The smallest absolute Gasteiger partial charge is 0.240 e. The predicted octanol–water partition coefficient (Wildman–Crippen LogP) is 2.29. The summed E-state index contributed by atoms with van der Waals surface area (Å²) in [7, 11) is -3.33. The molecule has 6 heteroatoms. The lowest BCUT2D eigenvalue weighted by molar-refractivity contribution is 0.581.